The normalized spacial score (nSPS) is 11.9. The summed E-state index contributed by atoms with van der Waals surface area (Å²) in [6.07, 6.45) is 0.742. The topological polar surface area (TPSA) is 55.2 Å². The number of hydrogen-bond donors (Lipinski definition) is 1. The van der Waals surface area contributed by atoms with Gasteiger partial charge in [0.2, 0.25) is 0 Å². The first kappa shape index (κ1) is 14.0. The maximum atomic E-state index is 13.8. The molecule has 0 bridgehead atoms. The summed E-state index contributed by atoms with van der Waals surface area (Å²) in [4.78, 5) is 10.2. The summed E-state index contributed by atoms with van der Waals surface area (Å²) in [5.41, 5.74) is 1.03. The highest BCUT2D eigenvalue weighted by molar-refractivity contribution is 5.53. The molecule has 20 heavy (non-hydrogen) atoms. The molecule has 0 aliphatic rings. The van der Waals surface area contributed by atoms with Gasteiger partial charge in [0, 0.05) is 12.1 Å². The lowest BCUT2D eigenvalue weighted by Gasteiger charge is -2.19. The average Bonchev–Trinajstić information content (AvgIpc) is 2.47. The Morgan fingerprint density at radius 1 is 1.25 bits per heavy atom. The molecule has 1 unspecified atom stereocenters. The lowest BCUT2D eigenvalue weighted by molar-refractivity contribution is -0.384. The van der Waals surface area contributed by atoms with Crippen LogP contribution >= 0.6 is 0 Å². The highest BCUT2D eigenvalue weighted by atomic mass is 19.1. The molecule has 2 rings (SSSR count). The van der Waals surface area contributed by atoms with E-state index in [1.54, 1.807) is 0 Å². The first-order valence-electron chi connectivity index (χ1n) is 6.37. The SMILES string of the molecule is CCC(Nc1cc([N+](=O)[O-])ccc1F)c1ccccc1. The maximum absolute atomic E-state index is 13.8. The van der Waals surface area contributed by atoms with E-state index in [9.17, 15) is 14.5 Å². The van der Waals surface area contributed by atoms with Crippen LogP contribution in [0.2, 0.25) is 0 Å². The lowest BCUT2D eigenvalue weighted by Crippen LogP contribution is -2.11. The second-order valence-corrected chi connectivity index (χ2v) is 4.44. The van der Waals surface area contributed by atoms with E-state index in [-0.39, 0.29) is 17.4 Å². The number of rotatable bonds is 5. The van der Waals surface area contributed by atoms with Gasteiger partial charge >= 0.3 is 0 Å². The number of halogens is 1. The lowest BCUT2D eigenvalue weighted by atomic mass is 10.0. The summed E-state index contributed by atoms with van der Waals surface area (Å²) in [7, 11) is 0. The Balaban J connectivity index is 2.28. The fourth-order valence-corrected chi connectivity index (χ4v) is 2.03. The van der Waals surface area contributed by atoms with Crippen LogP contribution in [-0.2, 0) is 0 Å². The Morgan fingerprint density at radius 3 is 2.55 bits per heavy atom. The first-order chi connectivity index (χ1) is 9.61. The molecule has 0 aliphatic heterocycles. The molecule has 0 spiro atoms. The number of nitro groups is 1. The fraction of sp³-hybridized carbons (Fsp3) is 0.200. The standard InChI is InChI=1S/C15H15FN2O2/c1-2-14(11-6-4-3-5-7-11)17-15-10-12(18(19)20)8-9-13(15)16/h3-10,14,17H,2H2,1H3. The van der Waals surface area contributed by atoms with Crippen molar-refractivity contribution >= 4 is 11.4 Å². The molecule has 1 N–H and O–H groups in total. The summed E-state index contributed by atoms with van der Waals surface area (Å²) in [5, 5.41) is 13.8. The molecule has 0 saturated heterocycles. The van der Waals surface area contributed by atoms with Crippen molar-refractivity contribution in [3.05, 3.63) is 70.0 Å². The third-order valence-corrected chi connectivity index (χ3v) is 3.10. The minimum atomic E-state index is -0.534. The molecule has 2 aromatic carbocycles. The van der Waals surface area contributed by atoms with Gasteiger partial charge in [0.15, 0.2) is 0 Å². The van der Waals surface area contributed by atoms with Gasteiger partial charge in [0.05, 0.1) is 16.7 Å². The third kappa shape index (κ3) is 3.12. The highest BCUT2D eigenvalue weighted by Gasteiger charge is 2.15. The molecule has 2 aromatic rings. The van der Waals surface area contributed by atoms with E-state index in [2.05, 4.69) is 5.32 Å². The number of nitrogens with one attached hydrogen (secondary N) is 1. The van der Waals surface area contributed by atoms with Crippen LogP contribution in [0, 0.1) is 15.9 Å². The number of benzene rings is 2. The minimum Gasteiger partial charge on any atom is -0.376 e. The van der Waals surface area contributed by atoms with E-state index in [1.165, 1.54) is 6.07 Å². The molecule has 0 radical (unpaired) electrons. The molecular weight excluding hydrogens is 259 g/mol. The Labute approximate surface area is 116 Å². The smallest absolute Gasteiger partial charge is 0.271 e. The molecular formula is C15H15FN2O2. The number of anilines is 1. The fourth-order valence-electron chi connectivity index (χ4n) is 2.03. The second kappa shape index (κ2) is 6.14. The van der Waals surface area contributed by atoms with Crippen LogP contribution in [0.1, 0.15) is 24.9 Å². The monoisotopic (exact) mass is 274 g/mol. The van der Waals surface area contributed by atoms with Crippen LogP contribution in [0.25, 0.3) is 0 Å². The van der Waals surface area contributed by atoms with E-state index in [4.69, 9.17) is 0 Å². The second-order valence-electron chi connectivity index (χ2n) is 4.44. The predicted octanol–water partition coefficient (Wildman–Crippen LogP) is 4.30. The number of hydrogen-bond acceptors (Lipinski definition) is 3. The zero-order chi connectivity index (χ0) is 14.5. The van der Waals surface area contributed by atoms with Crippen LogP contribution in [-0.4, -0.2) is 4.92 Å². The molecule has 1 atom stereocenters. The summed E-state index contributed by atoms with van der Waals surface area (Å²) >= 11 is 0. The van der Waals surface area contributed by atoms with E-state index < -0.39 is 10.7 Å². The molecule has 0 aliphatic carbocycles. The van der Waals surface area contributed by atoms with Gasteiger partial charge in [-0.05, 0) is 18.1 Å². The zero-order valence-corrected chi connectivity index (χ0v) is 11.0. The molecule has 104 valence electrons. The van der Waals surface area contributed by atoms with Gasteiger partial charge in [-0.2, -0.15) is 0 Å². The van der Waals surface area contributed by atoms with E-state index in [0.29, 0.717) is 0 Å². The van der Waals surface area contributed by atoms with Gasteiger partial charge in [0.25, 0.3) is 5.69 Å². The van der Waals surface area contributed by atoms with Crippen molar-refractivity contribution in [1.29, 1.82) is 0 Å². The Hall–Kier alpha value is -2.43. The zero-order valence-electron chi connectivity index (χ0n) is 11.0. The van der Waals surface area contributed by atoms with E-state index in [1.807, 2.05) is 37.3 Å². The summed E-state index contributed by atoms with van der Waals surface area (Å²) < 4.78 is 13.8. The minimum absolute atomic E-state index is 0.0901. The Kier molecular flexibility index (Phi) is 4.30. The van der Waals surface area contributed by atoms with Crippen LogP contribution in [0.5, 0.6) is 0 Å². The molecule has 0 saturated carbocycles. The van der Waals surface area contributed by atoms with Gasteiger partial charge in [-0.15, -0.1) is 0 Å². The molecule has 0 aromatic heterocycles. The van der Waals surface area contributed by atoms with Crippen molar-refractivity contribution in [2.45, 2.75) is 19.4 Å². The van der Waals surface area contributed by atoms with Crippen molar-refractivity contribution in [1.82, 2.24) is 0 Å². The van der Waals surface area contributed by atoms with Crippen molar-refractivity contribution in [3.8, 4) is 0 Å². The van der Waals surface area contributed by atoms with Crippen LogP contribution in [0.3, 0.4) is 0 Å². The molecule has 0 fully saturated rings. The van der Waals surface area contributed by atoms with Crippen LogP contribution in [0.15, 0.2) is 48.5 Å². The number of nitrogens with zero attached hydrogens (tertiary/aromatic N) is 1. The molecule has 0 amide bonds. The predicted molar refractivity (Wildman–Crippen MR) is 76.2 cm³/mol. The van der Waals surface area contributed by atoms with Gasteiger partial charge in [0.1, 0.15) is 5.82 Å². The Bertz CT molecular complexity index is 602. The highest BCUT2D eigenvalue weighted by Crippen LogP contribution is 2.27. The summed E-state index contributed by atoms with van der Waals surface area (Å²) in [6.45, 7) is 1.97. The number of non-ortho nitro benzene ring substituents is 1. The van der Waals surface area contributed by atoms with Crippen molar-refractivity contribution in [2.24, 2.45) is 0 Å². The Morgan fingerprint density at radius 2 is 1.95 bits per heavy atom. The third-order valence-electron chi connectivity index (χ3n) is 3.10. The number of nitro benzene ring substituents is 1. The van der Waals surface area contributed by atoms with Crippen molar-refractivity contribution < 1.29 is 9.31 Å². The van der Waals surface area contributed by atoms with E-state index >= 15 is 0 Å². The van der Waals surface area contributed by atoms with Gasteiger partial charge in [-0.3, -0.25) is 10.1 Å². The average molecular weight is 274 g/mol. The molecule has 5 heteroatoms. The van der Waals surface area contributed by atoms with Crippen LogP contribution in [0.4, 0.5) is 15.8 Å². The van der Waals surface area contributed by atoms with Crippen LogP contribution < -0.4 is 5.32 Å². The first-order valence-corrected chi connectivity index (χ1v) is 6.37. The summed E-state index contributed by atoms with van der Waals surface area (Å²) in [6, 6.07) is 13.0. The maximum Gasteiger partial charge on any atom is 0.271 e. The molecule has 0 heterocycles. The summed E-state index contributed by atoms with van der Waals surface area (Å²) in [5.74, 6) is -0.495. The molecule has 4 nitrogen and oxygen atoms in total. The van der Waals surface area contributed by atoms with E-state index in [0.717, 1.165) is 24.1 Å². The van der Waals surface area contributed by atoms with Crippen molar-refractivity contribution in [3.63, 3.8) is 0 Å². The van der Waals surface area contributed by atoms with Gasteiger partial charge < -0.3 is 5.32 Å². The van der Waals surface area contributed by atoms with Gasteiger partial charge in [-0.25, -0.2) is 4.39 Å². The van der Waals surface area contributed by atoms with Crippen molar-refractivity contribution in [2.75, 3.05) is 5.32 Å². The largest absolute Gasteiger partial charge is 0.376 e. The van der Waals surface area contributed by atoms with Gasteiger partial charge in [-0.1, -0.05) is 37.3 Å². The quantitative estimate of drug-likeness (QED) is 0.653.